The summed E-state index contributed by atoms with van der Waals surface area (Å²) in [6, 6.07) is 13.9. The van der Waals surface area contributed by atoms with E-state index in [9.17, 15) is 0 Å². The van der Waals surface area contributed by atoms with Gasteiger partial charge >= 0.3 is 0 Å². The van der Waals surface area contributed by atoms with Crippen LogP contribution in [0.15, 0.2) is 43.0 Å². The first-order valence-electron chi connectivity index (χ1n) is 18.6. The normalized spacial score (nSPS) is 26.7. The highest BCUT2D eigenvalue weighted by Crippen LogP contribution is 2.40. The number of nitrogens with one attached hydrogen (secondary N) is 4. The highest BCUT2D eigenvalue weighted by Gasteiger charge is 2.41. The fourth-order valence-electron chi connectivity index (χ4n) is 8.80. The summed E-state index contributed by atoms with van der Waals surface area (Å²) in [4.78, 5) is 12.2. The van der Waals surface area contributed by atoms with Crippen molar-refractivity contribution in [2.75, 3.05) is 48.3 Å². The summed E-state index contributed by atoms with van der Waals surface area (Å²) in [5.41, 5.74) is 4.07. The van der Waals surface area contributed by atoms with Crippen LogP contribution in [-0.4, -0.2) is 73.1 Å². The first-order valence-corrected chi connectivity index (χ1v) is 18.6. The minimum Gasteiger partial charge on any atom is -0.382 e. The van der Waals surface area contributed by atoms with Gasteiger partial charge in [0.2, 0.25) is 6.04 Å². The van der Waals surface area contributed by atoms with E-state index in [2.05, 4.69) is 69.6 Å². The lowest BCUT2D eigenvalue weighted by Crippen LogP contribution is -2.56. The quantitative estimate of drug-likeness (QED) is 0.217. The van der Waals surface area contributed by atoms with Gasteiger partial charge in [0.25, 0.3) is 0 Å². The van der Waals surface area contributed by atoms with Crippen LogP contribution in [0.5, 0.6) is 0 Å². The van der Waals surface area contributed by atoms with Gasteiger partial charge in [-0.3, -0.25) is 5.41 Å². The molecule has 0 bridgehead atoms. The van der Waals surface area contributed by atoms with Gasteiger partial charge in [0, 0.05) is 36.6 Å². The largest absolute Gasteiger partial charge is 0.382 e. The number of anilines is 4. The second kappa shape index (κ2) is 14.5. The van der Waals surface area contributed by atoms with Crippen molar-refractivity contribution in [1.82, 2.24) is 20.5 Å². The number of rotatable bonds is 9. The number of hydrogen-bond acceptors (Lipinski definition) is 7. The predicted octanol–water partition coefficient (Wildman–Crippen LogP) is 7.18. The molecule has 5 aliphatic rings. The zero-order chi connectivity index (χ0) is 32.3. The third-order valence-electron chi connectivity index (χ3n) is 11.7. The minimum atomic E-state index is -0.260. The van der Waals surface area contributed by atoms with Crippen LogP contribution in [0.25, 0.3) is 5.70 Å². The second-order valence-corrected chi connectivity index (χ2v) is 15.1. The molecule has 4 heterocycles. The Morgan fingerprint density at radius 2 is 1.66 bits per heavy atom. The van der Waals surface area contributed by atoms with Crippen molar-refractivity contribution in [2.45, 2.75) is 108 Å². The standard InChI is InChI=1S/C39H57N8/c1-27(42-32-13-15-34(16-14-32)46-23-5-7-29(8-6-24-46)25-30-11-12-30)31-9-4-10-33(26-31)43-37-18-17-36-39(44-37)47(28(2)38(40)45(36)3)35-19-21-41-22-20-35/h4,9-10,17-18,26,28-30,32,34-35,40-42H,1-2,5-8,11-16,19-25H2,3H3,(H,43,44)/q+1. The maximum atomic E-state index is 8.71. The number of fused-ring (bicyclic) bond motifs is 1. The van der Waals surface area contributed by atoms with E-state index < -0.39 is 0 Å². The number of likely N-dealkylation sites (tertiary alicyclic amines) is 1. The number of likely N-dealkylation sites (N-methyl/N-ethyl adjacent to an activating group) is 1. The number of pyridine rings is 1. The maximum absolute atomic E-state index is 8.71. The SMILES string of the molecule is C=C(NC1CCC(N2CCCC(CC3CC3)CCC2)CC1)c1cccc(Nc2ccc3c(n2)N(C2CCNCC2)C([CH2+])C(=N)N3C)c1. The topological polar surface area (TPSA) is 82.5 Å². The van der Waals surface area contributed by atoms with Gasteiger partial charge in [0.05, 0.1) is 12.6 Å². The predicted molar refractivity (Wildman–Crippen MR) is 197 cm³/mol. The van der Waals surface area contributed by atoms with Crippen LogP contribution in [0.4, 0.5) is 23.0 Å². The van der Waals surface area contributed by atoms with E-state index in [1.807, 2.05) is 18.0 Å². The van der Waals surface area contributed by atoms with E-state index in [-0.39, 0.29) is 6.04 Å². The molecule has 2 aliphatic carbocycles. The average molecular weight is 638 g/mol. The fourth-order valence-corrected chi connectivity index (χ4v) is 8.80. The molecule has 1 atom stereocenters. The van der Waals surface area contributed by atoms with Crippen molar-refractivity contribution in [3.8, 4) is 0 Å². The monoisotopic (exact) mass is 637 g/mol. The Morgan fingerprint density at radius 3 is 2.38 bits per heavy atom. The summed E-state index contributed by atoms with van der Waals surface area (Å²) in [6.07, 6.45) is 17.3. The van der Waals surface area contributed by atoms with Crippen molar-refractivity contribution in [3.05, 3.63) is 55.5 Å². The van der Waals surface area contributed by atoms with Crippen LogP contribution >= 0.6 is 0 Å². The summed E-state index contributed by atoms with van der Waals surface area (Å²) in [5.74, 6) is 4.31. The van der Waals surface area contributed by atoms with Gasteiger partial charge in [-0.1, -0.05) is 31.6 Å². The summed E-state index contributed by atoms with van der Waals surface area (Å²) in [5, 5.41) is 19.5. The van der Waals surface area contributed by atoms with Gasteiger partial charge in [-0.25, -0.2) is 4.98 Å². The zero-order valence-electron chi connectivity index (χ0n) is 28.7. The Kier molecular flexibility index (Phi) is 9.96. The minimum absolute atomic E-state index is 0.260. The van der Waals surface area contributed by atoms with Gasteiger partial charge in [-0.15, -0.1) is 0 Å². The lowest BCUT2D eigenvalue weighted by atomic mass is 9.87. The third-order valence-corrected chi connectivity index (χ3v) is 11.7. The van der Waals surface area contributed by atoms with Crippen LogP contribution in [0, 0.1) is 24.2 Å². The van der Waals surface area contributed by atoms with Crippen molar-refractivity contribution < 1.29 is 0 Å². The van der Waals surface area contributed by atoms with Gasteiger partial charge in [-0.05, 0) is 138 Å². The summed E-state index contributed by atoms with van der Waals surface area (Å²) < 4.78 is 0. The molecule has 2 aromatic rings. The molecule has 0 spiro atoms. The highest BCUT2D eigenvalue weighted by molar-refractivity contribution is 6.06. The molecule has 8 heteroatoms. The number of benzene rings is 1. The molecule has 4 fully saturated rings. The molecule has 1 aromatic carbocycles. The van der Waals surface area contributed by atoms with E-state index in [0.29, 0.717) is 17.9 Å². The fraction of sp³-hybridized carbons (Fsp3) is 0.615. The highest BCUT2D eigenvalue weighted by atomic mass is 15.4. The lowest BCUT2D eigenvalue weighted by molar-refractivity contribution is 0.125. The van der Waals surface area contributed by atoms with Crippen LogP contribution < -0.4 is 25.8 Å². The zero-order valence-corrected chi connectivity index (χ0v) is 28.7. The molecule has 7 rings (SSSR count). The number of nitrogens with zero attached hydrogens (tertiary/aromatic N) is 4. The van der Waals surface area contributed by atoms with Crippen molar-refractivity contribution >= 4 is 34.5 Å². The Hall–Kier alpha value is -3.23. The molecule has 1 aromatic heterocycles. The summed E-state index contributed by atoms with van der Waals surface area (Å²) >= 11 is 0. The molecule has 4 N–H and O–H groups in total. The molecule has 2 saturated heterocycles. The average Bonchev–Trinajstić information content (AvgIpc) is 3.90. The van der Waals surface area contributed by atoms with Gasteiger partial charge in [0.15, 0.2) is 11.7 Å². The van der Waals surface area contributed by atoms with Gasteiger partial charge in [-0.2, -0.15) is 0 Å². The number of amidine groups is 1. The smallest absolute Gasteiger partial charge is 0.227 e. The molecule has 252 valence electrons. The molecule has 0 radical (unpaired) electrons. The molecule has 2 saturated carbocycles. The first-order chi connectivity index (χ1) is 22.9. The van der Waals surface area contributed by atoms with Crippen molar-refractivity contribution in [1.29, 1.82) is 5.41 Å². The van der Waals surface area contributed by atoms with E-state index in [1.54, 1.807) is 0 Å². The Labute approximate surface area is 283 Å². The van der Waals surface area contributed by atoms with Crippen LogP contribution in [0.3, 0.4) is 0 Å². The Morgan fingerprint density at radius 1 is 0.936 bits per heavy atom. The Balaban J connectivity index is 0.940. The van der Waals surface area contributed by atoms with Gasteiger partial charge < -0.3 is 30.7 Å². The maximum Gasteiger partial charge on any atom is 0.227 e. The number of piperidine rings is 1. The van der Waals surface area contributed by atoms with E-state index in [0.717, 1.165) is 78.1 Å². The van der Waals surface area contributed by atoms with E-state index in [4.69, 9.17) is 10.4 Å². The molecule has 8 nitrogen and oxygen atoms in total. The second-order valence-electron chi connectivity index (χ2n) is 15.1. The van der Waals surface area contributed by atoms with Crippen LogP contribution in [0.2, 0.25) is 0 Å². The number of hydrogen-bond donors (Lipinski definition) is 4. The summed E-state index contributed by atoms with van der Waals surface area (Å²) in [6.45, 7) is 13.4. The third kappa shape index (κ3) is 7.59. The summed E-state index contributed by atoms with van der Waals surface area (Å²) in [7, 11) is 1.95. The van der Waals surface area contributed by atoms with E-state index in [1.165, 1.54) is 83.7 Å². The van der Waals surface area contributed by atoms with Crippen molar-refractivity contribution in [2.24, 2.45) is 11.8 Å². The van der Waals surface area contributed by atoms with Crippen molar-refractivity contribution in [3.63, 3.8) is 0 Å². The van der Waals surface area contributed by atoms with Crippen LogP contribution in [-0.2, 0) is 0 Å². The van der Waals surface area contributed by atoms with Gasteiger partial charge in [0.1, 0.15) is 5.82 Å². The molecule has 0 amide bonds. The Bertz CT molecular complexity index is 1380. The van der Waals surface area contributed by atoms with Crippen LogP contribution in [0.1, 0.15) is 89.0 Å². The number of aromatic nitrogens is 1. The molecule has 1 unspecified atom stereocenters. The molecule has 47 heavy (non-hydrogen) atoms. The lowest BCUT2D eigenvalue weighted by Gasteiger charge is -2.43. The molecular weight excluding hydrogens is 580 g/mol. The molecule has 3 aliphatic heterocycles. The first kappa shape index (κ1) is 32.3. The van der Waals surface area contributed by atoms with E-state index >= 15 is 0 Å². The molecular formula is C39H57N8+.